The minimum absolute atomic E-state index is 0.0260. The van der Waals surface area contributed by atoms with Crippen LogP contribution in [0.15, 0.2) is 72.8 Å². The number of aromatic nitrogens is 1. The van der Waals surface area contributed by atoms with E-state index in [0.717, 1.165) is 53.9 Å². The number of carbonyl (C=O) groups excluding carboxylic acids is 2. The highest BCUT2D eigenvalue weighted by molar-refractivity contribution is 6.17. The van der Waals surface area contributed by atoms with Crippen LogP contribution >= 0.6 is 0 Å². The summed E-state index contributed by atoms with van der Waals surface area (Å²) in [5.41, 5.74) is 6.04. The van der Waals surface area contributed by atoms with Crippen molar-refractivity contribution in [1.82, 2.24) is 4.98 Å². The van der Waals surface area contributed by atoms with Crippen molar-refractivity contribution in [3.05, 3.63) is 101 Å². The molecule has 5 nitrogen and oxygen atoms in total. The number of hydrogen-bond acceptors (Lipinski definition) is 4. The standard InChI is InChI=1S/C38H45NO4/c1-2-42-36(40)18-11-17-35-37(33-15-8-9-16-34(33)39-35)38(41)31-23-25-32(26-24-31)43-27-10-4-5-12-28-19-21-30(22-20-28)29-13-6-3-7-14-29/h8-9,15-16,19-26,29,39H,2-7,10-14,17-18,27H2,1H3. The van der Waals surface area contributed by atoms with Crippen LogP contribution in [0.3, 0.4) is 0 Å². The number of fused-ring (bicyclic) bond motifs is 1. The third-order valence-electron chi connectivity index (χ3n) is 8.68. The van der Waals surface area contributed by atoms with Gasteiger partial charge in [-0.1, -0.05) is 61.7 Å². The first-order chi connectivity index (χ1) is 21.1. The minimum atomic E-state index is -0.207. The fraction of sp³-hybridized carbons (Fsp3) is 0.421. The molecule has 226 valence electrons. The summed E-state index contributed by atoms with van der Waals surface area (Å²) in [7, 11) is 0. The Morgan fingerprint density at radius 1 is 0.814 bits per heavy atom. The van der Waals surface area contributed by atoms with Gasteiger partial charge in [0, 0.05) is 28.6 Å². The molecule has 0 unspecified atom stereocenters. The largest absolute Gasteiger partial charge is 0.494 e. The molecule has 1 aliphatic carbocycles. The van der Waals surface area contributed by atoms with Gasteiger partial charge in [-0.15, -0.1) is 0 Å². The summed E-state index contributed by atoms with van der Waals surface area (Å²) in [5.74, 6) is 1.32. The summed E-state index contributed by atoms with van der Waals surface area (Å²) in [6.45, 7) is 2.85. The Bertz CT molecular complexity index is 1460. The number of unbranched alkanes of at least 4 members (excludes halogenated alkanes) is 2. The first-order valence-corrected chi connectivity index (χ1v) is 16.2. The topological polar surface area (TPSA) is 68.4 Å². The van der Waals surface area contributed by atoms with Gasteiger partial charge in [-0.3, -0.25) is 9.59 Å². The van der Waals surface area contributed by atoms with E-state index in [1.807, 2.05) is 48.5 Å². The fourth-order valence-corrected chi connectivity index (χ4v) is 6.32. The lowest BCUT2D eigenvalue weighted by Gasteiger charge is -2.22. The zero-order valence-electron chi connectivity index (χ0n) is 25.5. The predicted molar refractivity (Wildman–Crippen MR) is 173 cm³/mol. The molecule has 0 bridgehead atoms. The maximum atomic E-state index is 13.6. The highest BCUT2D eigenvalue weighted by Gasteiger charge is 2.20. The van der Waals surface area contributed by atoms with Gasteiger partial charge in [0.2, 0.25) is 0 Å². The first-order valence-electron chi connectivity index (χ1n) is 16.2. The number of nitrogens with one attached hydrogen (secondary N) is 1. The van der Waals surface area contributed by atoms with Crippen molar-refractivity contribution in [3.63, 3.8) is 0 Å². The van der Waals surface area contributed by atoms with Crippen LogP contribution in [0.4, 0.5) is 0 Å². The second-order valence-electron chi connectivity index (χ2n) is 11.8. The molecule has 5 rings (SSSR count). The van der Waals surface area contributed by atoms with Crippen molar-refractivity contribution in [3.8, 4) is 5.75 Å². The van der Waals surface area contributed by atoms with Gasteiger partial charge in [0.25, 0.3) is 0 Å². The fourth-order valence-electron chi connectivity index (χ4n) is 6.32. The smallest absolute Gasteiger partial charge is 0.305 e. The highest BCUT2D eigenvalue weighted by atomic mass is 16.5. The van der Waals surface area contributed by atoms with Crippen molar-refractivity contribution < 1.29 is 19.1 Å². The molecule has 0 spiro atoms. The van der Waals surface area contributed by atoms with E-state index in [1.165, 1.54) is 43.2 Å². The zero-order valence-corrected chi connectivity index (χ0v) is 25.5. The van der Waals surface area contributed by atoms with E-state index < -0.39 is 0 Å². The van der Waals surface area contributed by atoms with E-state index in [1.54, 1.807) is 6.92 Å². The predicted octanol–water partition coefficient (Wildman–Crippen LogP) is 9.12. The number of esters is 1. The number of aryl methyl sites for hydroxylation is 2. The Hall–Kier alpha value is -3.86. The Kier molecular flexibility index (Phi) is 11.1. The Balaban J connectivity index is 1.08. The van der Waals surface area contributed by atoms with Gasteiger partial charge in [0.15, 0.2) is 5.78 Å². The molecule has 1 heterocycles. The highest BCUT2D eigenvalue weighted by Crippen LogP contribution is 2.33. The van der Waals surface area contributed by atoms with Gasteiger partial charge >= 0.3 is 5.97 Å². The molecular formula is C38H45NO4. The number of H-pyrrole nitrogens is 1. The maximum absolute atomic E-state index is 13.6. The van der Waals surface area contributed by atoms with E-state index in [2.05, 4.69) is 29.2 Å². The average molecular weight is 580 g/mol. The van der Waals surface area contributed by atoms with Crippen molar-refractivity contribution in [1.29, 1.82) is 0 Å². The first kappa shape index (κ1) is 30.6. The number of rotatable bonds is 15. The average Bonchev–Trinajstić information content (AvgIpc) is 3.41. The normalized spacial score (nSPS) is 13.7. The van der Waals surface area contributed by atoms with Crippen LogP contribution in [0.1, 0.15) is 110 Å². The van der Waals surface area contributed by atoms with E-state index in [4.69, 9.17) is 9.47 Å². The van der Waals surface area contributed by atoms with Gasteiger partial charge < -0.3 is 14.5 Å². The molecule has 0 radical (unpaired) electrons. The van der Waals surface area contributed by atoms with Gasteiger partial charge in [-0.05, 0) is 106 Å². The van der Waals surface area contributed by atoms with E-state index >= 15 is 0 Å². The number of carbonyl (C=O) groups is 2. The van der Waals surface area contributed by atoms with Gasteiger partial charge in [0.1, 0.15) is 5.75 Å². The van der Waals surface area contributed by atoms with Crippen LogP contribution in [0.25, 0.3) is 10.9 Å². The van der Waals surface area contributed by atoms with Crippen molar-refractivity contribution in [2.45, 2.75) is 89.9 Å². The number of aromatic amines is 1. The van der Waals surface area contributed by atoms with Gasteiger partial charge in [-0.2, -0.15) is 0 Å². The second-order valence-corrected chi connectivity index (χ2v) is 11.8. The number of para-hydroxylation sites is 1. The van der Waals surface area contributed by atoms with Crippen LogP contribution in [-0.2, 0) is 22.4 Å². The molecule has 0 amide bonds. The summed E-state index contributed by atoms with van der Waals surface area (Å²) in [6.07, 6.45) is 12.8. The van der Waals surface area contributed by atoms with E-state index in [-0.39, 0.29) is 11.8 Å². The number of ether oxygens (including phenoxy) is 2. The van der Waals surface area contributed by atoms with Crippen LogP contribution in [0.5, 0.6) is 5.75 Å². The molecule has 1 aliphatic rings. The van der Waals surface area contributed by atoms with Crippen molar-refractivity contribution in [2.24, 2.45) is 0 Å². The molecule has 1 aromatic heterocycles. The SMILES string of the molecule is CCOC(=O)CCCc1[nH]c2ccccc2c1C(=O)c1ccc(OCCCCCc2ccc(C3CCCCC3)cc2)cc1. The summed E-state index contributed by atoms with van der Waals surface area (Å²) in [6, 6.07) is 24.7. The monoisotopic (exact) mass is 579 g/mol. The molecule has 43 heavy (non-hydrogen) atoms. The number of benzene rings is 3. The Morgan fingerprint density at radius 3 is 2.35 bits per heavy atom. The number of ketones is 1. The molecule has 1 N–H and O–H groups in total. The minimum Gasteiger partial charge on any atom is -0.494 e. The van der Waals surface area contributed by atoms with Crippen molar-refractivity contribution in [2.75, 3.05) is 13.2 Å². The maximum Gasteiger partial charge on any atom is 0.305 e. The molecule has 0 atom stereocenters. The van der Waals surface area contributed by atoms with Gasteiger partial charge in [-0.25, -0.2) is 0 Å². The van der Waals surface area contributed by atoms with E-state index in [0.29, 0.717) is 43.6 Å². The van der Waals surface area contributed by atoms with Gasteiger partial charge in [0.05, 0.1) is 18.8 Å². The third-order valence-corrected chi connectivity index (χ3v) is 8.68. The quantitative estimate of drug-likeness (QED) is 0.0866. The summed E-state index contributed by atoms with van der Waals surface area (Å²) in [4.78, 5) is 28.9. The lowest BCUT2D eigenvalue weighted by Crippen LogP contribution is -2.07. The lowest BCUT2D eigenvalue weighted by atomic mass is 9.84. The Labute approximate surface area is 256 Å². The summed E-state index contributed by atoms with van der Waals surface area (Å²) >= 11 is 0. The molecule has 4 aromatic rings. The van der Waals surface area contributed by atoms with Crippen LogP contribution in [0.2, 0.25) is 0 Å². The molecule has 5 heteroatoms. The molecule has 1 saturated carbocycles. The third kappa shape index (κ3) is 8.37. The van der Waals surface area contributed by atoms with Crippen molar-refractivity contribution >= 4 is 22.7 Å². The van der Waals surface area contributed by atoms with E-state index in [9.17, 15) is 9.59 Å². The molecule has 0 aliphatic heterocycles. The summed E-state index contributed by atoms with van der Waals surface area (Å²) in [5, 5.41) is 0.902. The van der Waals surface area contributed by atoms with Crippen LogP contribution in [0, 0.1) is 0 Å². The molecule has 3 aromatic carbocycles. The zero-order chi connectivity index (χ0) is 29.9. The van der Waals surface area contributed by atoms with Crippen LogP contribution < -0.4 is 4.74 Å². The Morgan fingerprint density at radius 2 is 1.58 bits per heavy atom. The molecule has 1 fully saturated rings. The molecule has 0 saturated heterocycles. The lowest BCUT2D eigenvalue weighted by molar-refractivity contribution is -0.143. The number of hydrogen-bond donors (Lipinski definition) is 1. The summed E-state index contributed by atoms with van der Waals surface area (Å²) < 4.78 is 11.1. The van der Waals surface area contributed by atoms with Crippen LogP contribution in [-0.4, -0.2) is 30.0 Å². The molecular weight excluding hydrogens is 534 g/mol. The second kappa shape index (κ2) is 15.6.